The maximum Gasteiger partial charge on any atom is 0.295 e. The van der Waals surface area contributed by atoms with Gasteiger partial charge in [-0.1, -0.05) is 42.6 Å². The van der Waals surface area contributed by atoms with Crippen LogP contribution in [0.15, 0.2) is 42.0 Å². The Hall–Kier alpha value is -2.54. The van der Waals surface area contributed by atoms with Crippen molar-refractivity contribution < 1.29 is 24.2 Å². The molecule has 1 amide bonds. The van der Waals surface area contributed by atoms with E-state index in [1.807, 2.05) is 6.92 Å². The van der Waals surface area contributed by atoms with Gasteiger partial charge in [0.25, 0.3) is 11.7 Å². The van der Waals surface area contributed by atoms with Gasteiger partial charge in [-0.05, 0) is 61.2 Å². The summed E-state index contributed by atoms with van der Waals surface area (Å²) in [6.07, 6.45) is 2.50. The summed E-state index contributed by atoms with van der Waals surface area (Å²) in [5, 5.41) is 11.9. The first-order valence-corrected chi connectivity index (χ1v) is 12.0. The zero-order valence-corrected chi connectivity index (χ0v) is 21.1. The van der Waals surface area contributed by atoms with Gasteiger partial charge in [0.2, 0.25) is 0 Å². The predicted octanol–water partition coefficient (Wildman–Crippen LogP) is 5.94. The lowest BCUT2D eigenvalue weighted by Gasteiger charge is -2.25. The summed E-state index contributed by atoms with van der Waals surface area (Å²) in [5.74, 6) is -0.949. The van der Waals surface area contributed by atoms with Crippen LogP contribution in [0.5, 0.6) is 5.75 Å². The van der Waals surface area contributed by atoms with Crippen LogP contribution in [0.25, 0.3) is 5.76 Å². The summed E-state index contributed by atoms with van der Waals surface area (Å²) >= 11 is 12.3. The third-order valence-corrected chi connectivity index (χ3v) is 6.49. The Balaban J connectivity index is 2.06. The Bertz CT molecular complexity index is 1100. The number of Topliss-reactive ketones (excluding diaryl/α,β-unsaturated/α-hetero) is 1. The molecule has 0 saturated carbocycles. The van der Waals surface area contributed by atoms with Crippen LogP contribution in [0.1, 0.15) is 48.9 Å². The largest absolute Gasteiger partial charge is 0.507 e. The van der Waals surface area contributed by atoms with E-state index in [-0.39, 0.29) is 17.9 Å². The number of aliphatic hydroxyl groups is 1. The fraction of sp³-hybridized carbons (Fsp3) is 0.385. The number of ketones is 1. The fourth-order valence-corrected chi connectivity index (χ4v) is 4.27. The summed E-state index contributed by atoms with van der Waals surface area (Å²) in [4.78, 5) is 27.5. The number of aliphatic hydroxyl groups excluding tert-OH is 1. The Morgan fingerprint density at radius 1 is 1.06 bits per heavy atom. The van der Waals surface area contributed by atoms with Crippen LogP contribution >= 0.6 is 23.2 Å². The van der Waals surface area contributed by atoms with Gasteiger partial charge >= 0.3 is 0 Å². The molecule has 2 aromatic rings. The highest BCUT2D eigenvalue weighted by Gasteiger charge is 2.45. The first kappa shape index (κ1) is 26.1. The Kier molecular flexibility index (Phi) is 9.00. The number of amides is 1. The quantitative estimate of drug-likeness (QED) is 0.187. The normalized spacial score (nSPS) is 17.4. The number of aryl methyl sites for hydroxylation is 1. The van der Waals surface area contributed by atoms with E-state index in [4.69, 9.17) is 32.7 Å². The number of ether oxygens (including phenoxy) is 2. The lowest BCUT2D eigenvalue weighted by molar-refractivity contribution is -0.140. The average Bonchev–Trinajstić information content (AvgIpc) is 3.06. The van der Waals surface area contributed by atoms with Gasteiger partial charge in [0.15, 0.2) is 0 Å². The lowest BCUT2D eigenvalue weighted by atomic mass is 9.94. The van der Waals surface area contributed by atoms with Crippen molar-refractivity contribution in [2.75, 3.05) is 26.9 Å². The van der Waals surface area contributed by atoms with Crippen LogP contribution in [0.3, 0.4) is 0 Å². The highest BCUT2D eigenvalue weighted by molar-refractivity contribution is 6.46. The van der Waals surface area contributed by atoms with Crippen LogP contribution in [0.2, 0.25) is 10.0 Å². The number of hydrogen-bond acceptors (Lipinski definition) is 5. The van der Waals surface area contributed by atoms with E-state index in [0.717, 1.165) is 18.4 Å². The van der Waals surface area contributed by atoms with Gasteiger partial charge in [-0.25, -0.2) is 0 Å². The molecule has 3 rings (SSSR count). The van der Waals surface area contributed by atoms with Crippen LogP contribution in [-0.4, -0.2) is 48.6 Å². The number of rotatable bonds is 10. The second-order valence-electron chi connectivity index (χ2n) is 8.19. The minimum absolute atomic E-state index is 0.0138. The minimum atomic E-state index is -0.799. The molecule has 8 heteroatoms. The third kappa shape index (κ3) is 5.57. The maximum atomic E-state index is 13.1. The summed E-state index contributed by atoms with van der Waals surface area (Å²) in [7, 11) is 1.57. The molecule has 6 nitrogen and oxygen atoms in total. The van der Waals surface area contributed by atoms with Crippen molar-refractivity contribution in [1.29, 1.82) is 0 Å². The van der Waals surface area contributed by atoms with Gasteiger partial charge in [0.1, 0.15) is 11.5 Å². The summed E-state index contributed by atoms with van der Waals surface area (Å²) < 4.78 is 10.9. The number of carbonyl (C=O) groups excluding carboxylic acids is 2. The molecule has 1 aliphatic heterocycles. The van der Waals surface area contributed by atoms with E-state index < -0.39 is 17.7 Å². The number of nitrogens with zero attached hydrogens (tertiary/aromatic N) is 1. The Morgan fingerprint density at radius 3 is 2.47 bits per heavy atom. The molecule has 182 valence electrons. The number of carbonyl (C=O) groups is 2. The van der Waals surface area contributed by atoms with Crippen molar-refractivity contribution in [2.45, 2.75) is 39.2 Å². The molecule has 0 radical (unpaired) electrons. The molecule has 1 N–H and O–H groups in total. The van der Waals surface area contributed by atoms with E-state index in [1.165, 1.54) is 4.90 Å². The number of hydrogen-bond donors (Lipinski definition) is 1. The molecule has 2 aromatic carbocycles. The molecule has 1 heterocycles. The van der Waals surface area contributed by atoms with Crippen LogP contribution in [0.4, 0.5) is 0 Å². The molecule has 0 unspecified atom stereocenters. The number of halogens is 2. The second kappa shape index (κ2) is 11.7. The molecule has 0 spiro atoms. The number of benzene rings is 2. The standard InChI is InChI=1S/C26H29Cl2NO5/c1-4-5-13-34-21-10-8-18(14-16(21)2)24(30)22-23(17-7-9-19(27)20(28)15-17)29(11-6-12-33-3)26(32)25(22)31/h7-10,14-15,23,30H,4-6,11-13H2,1-3H3/t23-/m0/s1. The van der Waals surface area contributed by atoms with Crippen LogP contribution in [0, 0.1) is 6.92 Å². The van der Waals surface area contributed by atoms with E-state index in [0.29, 0.717) is 46.6 Å². The zero-order chi connectivity index (χ0) is 24.8. The summed E-state index contributed by atoms with van der Waals surface area (Å²) in [6, 6.07) is 9.34. The molecule has 0 bridgehead atoms. The first-order chi connectivity index (χ1) is 16.3. The van der Waals surface area contributed by atoms with E-state index >= 15 is 0 Å². The highest BCUT2D eigenvalue weighted by atomic mass is 35.5. The monoisotopic (exact) mass is 505 g/mol. The molecule has 1 saturated heterocycles. The number of methoxy groups -OCH3 is 1. The zero-order valence-electron chi connectivity index (χ0n) is 19.6. The molecule has 0 aliphatic carbocycles. The van der Waals surface area contributed by atoms with E-state index in [1.54, 1.807) is 43.5 Å². The second-order valence-corrected chi connectivity index (χ2v) is 9.01. The SMILES string of the molecule is CCCCOc1ccc(C(O)=C2C(=O)C(=O)N(CCCOC)[C@H]2c2ccc(Cl)c(Cl)c2)cc1C. The molecule has 1 aliphatic rings. The summed E-state index contributed by atoms with van der Waals surface area (Å²) in [6.45, 7) is 5.27. The first-order valence-electron chi connectivity index (χ1n) is 11.3. The van der Waals surface area contributed by atoms with Crippen molar-refractivity contribution in [1.82, 2.24) is 4.90 Å². The molecule has 0 aromatic heterocycles. The van der Waals surface area contributed by atoms with Crippen molar-refractivity contribution in [2.24, 2.45) is 0 Å². The van der Waals surface area contributed by atoms with Gasteiger partial charge in [-0.2, -0.15) is 0 Å². The summed E-state index contributed by atoms with van der Waals surface area (Å²) in [5.41, 5.74) is 1.85. The molecular weight excluding hydrogens is 477 g/mol. The van der Waals surface area contributed by atoms with Crippen molar-refractivity contribution in [3.63, 3.8) is 0 Å². The van der Waals surface area contributed by atoms with Crippen molar-refractivity contribution >= 4 is 40.7 Å². The fourth-order valence-electron chi connectivity index (χ4n) is 3.96. The maximum absolute atomic E-state index is 13.1. The van der Waals surface area contributed by atoms with Crippen molar-refractivity contribution in [3.8, 4) is 5.75 Å². The number of likely N-dealkylation sites (tertiary alicyclic amines) is 1. The van der Waals surface area contributed by atoms with Gasteiger partial charge in [-0.3, -0.25) is 9.59 Å². The van der Waals surface area contributed by atoms with Gasteiger partial charge in [0.05, 0.1) is 28.3 Å². The third-order valence-electron chi connectivity index (χ3n) is 5.75. The molecule has 1 atom stereocenters. The number of unbranched alkanes of at least 4 members (excludes halogenated alkanes) is 1. The van der Waals surface area contributed by atoms with Gasteiger partial charge in [0, 0.05) is 25.8 Å². The minimum Gasteiger partial charge on any atom is -0.507 e. The average molecular weight is 506 g/mol. The molecule has 1 fully saturated rings. The van der Waals surface area contributed by atoms with E-state index in [9.17, 15) is 14.7 Å². The lowest BCUT2D eigenvalue weighted by Crippen LogP contribution is -2.31. The Labute approximate surface area is 210 Å². The molecule has 34 heavy (non-hydrogen) atoms. The predicted molar refractivity (Wildman–Crippen MR) is 134 cm³/mol. The van der Waals surface area contributed by atoms with E-state index in [2.05, 4.69) is 6.92 Å². The van der Waals surface area contributed by atoms with Gasteiger partial charge < -0.3 is 19.5 Å². The van der Waals surface area contributed by atoms with Gasteiger partial charge in [-0.15, -0.1) is 0 Å². The van der Waals surface area contributed by atoms with Crippen LogP contribution < -0.4 is 4.74 Å². The van der Waals surface area contributed by atoms with Crippen molar-refractivity contribution in [3.05, 3.63) is 68.7 Å². The smallest absolute Gasteiger partial charge is 0.295 e. The molecular formula is C26H29Cl2NO5. The van der Waals surface area contributed by atoms with Crippen LogP contribution in [-0.2, 0) is 14.3 Å². The topological polar surface area (TPSA) is 76.1 Å². The Morgan fingerprint density at radius 2 is 1.82 bits per heavy atom. The highest BCUT2D eigenvalue weighted by Crippen LogP contribution is 2.41.